The Morgan fingerprint density at radius 2 is 1.88 bits per heavy atom. The summed E-state index contributed by atoms with van der Waals surface area (Å²) >= 11 is 0. The van der Waals surface area contributed by atoms with Crippen LogP contribution in [0.5, 0.6) is 5.75 Å². The van der Waals surface area contributed by atoms with Crippen molar-refractivity contribution in [3.05, 3.63) is 82.2 Å². The summed E-state index contributed by atoms with van der Waals surface area (Å²) in [4.78, 5) is 15.1. The molecule has 1 saturated heterocycles. The van der Waals surface area contributed by atoms with Gasteiger partial charge in [0.1, 0.15) is 18.1 Å². The molecule has 0 saturated carbocycles. The SMILES string of the molecule is Cc1cccc(CN2CCC(NC(=O)c3ccc(OCc4c(C)noc4C)cc3)CC2)c1. The molecule has 6 heteroatoms. The number of piperidine rings is 1. The quantitative estimate of drug-likeness (QED) is 0.591. The minimum absolute atomic E-state index is 0.0283. The van der Waals surface area contributed by atoms with Crippen LogP contribution in [-0.2, 0) is 13.2 Å². The van der Waals surface area contributed by atoms with Gasteiger partial charge in [0.2, 0.25) is 0 Å². The van der Waals surface area contributed by atoms with Gasteiger partial charge in [0.05, 0.1) is 11.3 Å². The van der Waals surface area contributed by atoms with Gasteiger partial charge in [0.15, 0.2) is 0 Å². The number of benzene rings is 2. The first-order chi connectivity index (χ1) is 15.5. The molecule has 4 rings (SSSR count). The molecule has 0 radical (unpaired) electrons. The van der Waals surface area contributed by atoms with Crippen molar-refractivity contribution in [1.29, 1.82) is 0 Å². The third-order valence-electron chi connectivity index (χ3n) is 6.09. The maximum atomic E-state index is 12.7. The summed E-state index contributed by atoms with van der Waals surface area (Å²) < 4.78 is 11.0. The zero-order valence-corrected chi connectivity index (χ0v) is 19.1. The van der Waals surface area contributed by atoms with Crippen LogP contribution in [0.3, 0.4) is 0 Å². The molecule has 1 aliphatic rings. The third kappa shape index (κ3) is 5.56. The van der Waals surface area contributed by atoms with Gasteiger partial charge in [-0.1, -0.05) is 35.0 Å². The zero-order valence-electron chi connectivity index (χ0n) is 19.1. The molecule has 2 heterocycles. The molecular weight excluding hydrogens is 402 g/mol. The summed E-state index contributed by atoms with van der Waals surface area (Å²) in [6, 6.07) is 16.2. The van der Waals surface area contributed by atoms with Crippen LogP contribution < -0.4 is 10.1 Å². The largest absolute Gasteiger partial charge is 0.489 e. The predicted molar refractivity (Wildman–Crippen MR) is 124 cm³/mol. The van der Waals surface area contributed by atoms with Crippen LogP contribution in [0.2, 0.25) is 0 Å². The summed E-state index contributed by atoms with van der Waals surface area (Å²) in [6.45, 7) is 9.25. The van der Waals surface area contributed by atoms with Gasteiger partial charge in [0, 0.05) is 31.2 Å². The number of carbonyl (C=O) groups is 1. The number of nitrogens with zero attached hydrogens (tertiary/aromatic N) is 2. The molecule has 0 unspecified atom stereocenters. The number of hydrogen-bond acceptors (Lipinski definition) is 5. The normalized spacial score (nSPS) is 15.0. The summed E-state index contributed by atoms with van der Waals surface area (Å²) in [6.07, 6.45) is 1.94. The fourth-order valence-electron chi connectivity index (χ4n) is 4.14. The monoisotopic (exact) mass is 433 g/mol. The Morgan fingerprint density at radius 1 is 1.12 bits per heavy atom. The van der Waals surface area contributed by atoms with E-state index in [2.05, 4.69) is 46.6 Å². The van der Waals surface area contributed by atoms with Crippen LogP contribution in [-0.4, -0.2) is 35.1 Å². The Kier molecular flexibility index (Phi) is 6.90. The summed E-state index contributed by atoms with van der Waals surface area (Å²) in [7, 11) is 0. The van der Waals surface area contributed by atoms with E-state index >= 15 is 0 Å². The highest BCUT2D eigenvalue weighted by molar-refractivity contribution is 5.94. The molecule has 1 N–H and O–H groups in total. The van der Waals surface area contributed by atoms with Crippen molar-refractivity contribution in [3.63, 3.8) is 0 Å². The van der Waals surface area contributed by atoms with E-state index < -0.39 is 0 Å². The first-order valence-corrected chi connectivity index (χ1v) is 11.2. The Bertz CT molecular complexity index is 1030. The van der Waals surface area contributed by atoms with E-state index in [0.717, 1.165) is 49.5 Å². The molecule has 0 aliphatic carbocycles. The van der Waals surface area contributed by atoms with Gasteiger partial charge in [-0.15, -0.1) is 0 Å². The average molecular weight is 434 g/mol. The lowest BCUT2D eigenvalue weighted by Gasteiger charge is -2.32. The van der Waals surface area contributed by atoms with E-state index in [0.29, 0.717) is 17.9 Å². The Hall–Kier alpha value is -3.12. The van der Waals surface area contributed by atoms with Gasteiger partial charge >= 0.3 is 0 Å². The molecule has 168 valence electrons. The fourth-order valence-corrected chi connectivity index (χ4v) is 4.14. The van der Waals surface area contributed by atoms with Crippen LogP contribution in [0.15, 0.2) is 53.1 Å². The van der Waals surface area contributed by atoms with Gasteiger partial charge in [-0.3, -0.25) is 9.69 Å². The van der Waals surface area contributed by atoms with Crippen LogP contribution in [0, 0.1) is 20.8 Å². The van der Waals surface area contributed by atoms with Crippen LogP contribution >= 0.6 is 0 Å². The molecule has 0 atom stereocenters. The number of ether oxygens (including phenoxy) is 1. The predicted octanol–water partition coefficient (Wildman–Crippen LogP) is 4.57. The minimum atomic E-state index is -0.0283. The number of likely N-dealkylation sites (tertiary alicyclic amines) is 1. The second kappa shape index (κ2) is 10.0. The average Bonchev–Trinajstić information content (AvgIpc) is 3.11. The number of amides is 1. The zero-order chi connectivity index (χ0) is 22.5. The molecule has 0 bridgehead atoms. The van der Waals surface area contributed by atoms with E-state index in [4.69, 9.17) is 9.26 Å². The van der Waals surface area contributed by atoms with E-state index in [1.165, 1.54) is 11.1 Å². The number of hydrogen-bond donors (Lipinski definition) is 1. The van der Waals surface area contributed by atoms with Crippen molar-refractivity contribution in [2.24, 2.45) is 0 Å². The molecule has 6 nitrogen and oxygen atoms in total. The lowest BCUT2D eigenvalue weighted by atomic mass is 10.0. The number of carbonyl (C=O) groups excluding carboxylic acids is 1. The van der Waals surface area contributed by atoms with E-state index in [9.17, 15) is 4.79 Å². The maximum absolute atomic E-state index is 12.7. The first kappa shape index (κ1) is 22.1. The molecule has 0 spiro atoms. The summed E-state index contributed by atoms with van der Waals surface area (Å²) in [5.74, 6) is 1.45. The minimum Gasteiger partial charge on any atom is -0.489 e. The lowest BCUT2D eigenvalue weighted by molar-refractivity contribution is 0.0909. The van der Waals surface area contributed by atoms with E-state index in [1.54, 1.807) is 0 Å². The molecule has 2 aromatic carbocycles. The van der Waals surface area contributed by atoms with Crippen molar-refractivity contribution >= 4 is 5.91 Å². The molecule has 1 aliphatic heterocycles. The van der Waals surface area contributed by atoms with E-state index in [-0.39, 0.29) is 11.9 Å². The first-order valence-electron chi connectivity index (χ1n) is 11.2. The second-order valence-electron chi connectivity index (χ2n) is 8.63. The number of rotatable bonds is 7. The van der Waals surface area contributed by atoms with Gasteiger partial charge in [-0.05, 0) is 63.4 Å². The van der Waals surface area contributed by atoms with Gasteiger partial charge in [-0.2, -0.15) is 0 Å². The molecule has 1 aromatic heterocycles. The van der Waals surface area contributed by atoms with E-state index in [1.807, 2.05) is 38.1 Å². The summed E-state index contributed by atoms with van der Waals surface area (Å²) in [5.41, 5.74) is 5.09. The number of aryl methyl sites for hydroxylation is 3. The Morgan fingerprint density at radius 3 is 2.53 bits per heavy atom. The van der Waals surface area contributed by atoms with Crippen molar-refractivity contribution in [1.82, 2.24) is 15.4 Å². The Balaban J connectivity index is 1.23. The molecule has 1 amide bonds. The molecule has 3 aromatic rings. The van der Waals surface area contributed by atoms with Crippen LogP contribution in [0.4, 0.5) is 0 Å². The van der Waals surface area contributed by atoms with Crippen molar-refractivity contribution in [2.75, 3.05) is 13.1 Å². The topological polar surface area (TPSA) is 67.6 Å². The highest BCUT2D eigenvalue weighted by Gasteiger charge is 2.21. The number of nitrogens with one attached hydrogen (secondary N) is 1. The van der Waals surface area contributed by atoms with Crippen LogP contribution in [0.25, 0.3) is 0 Å². The molecular formula is C26H31N3O3. The molecule has 1 fully saturated rings. The lowest BCUT2D eigenvalue weighted by Crippen LogP contribution is -2.44. The van der Waals surface area contributed by atoms with Gasteiger partial charge in [-0.25, -0.2) is 0 Å². The standard InChI is InChI=1S/C26H31N3O3/c1-18-5-4-6-21(15-18)16-29-13-11-23(12-14-29)27-26(30)22-7-9-24(10-8-22)31-17-25-19(2)28-32-20(25)3/h4-10,15,23H,11-14,16-17H2,1-3H3,(H,27,30). The smallest absolute Gasteiger partial charge is 0.251 e. The van der Waals surface area contributed by atoms with Crippen molar-refractivity contribution in [2.45, 2.75) is 52.8 Å². The third-order valence-corrected chi connectivity index (χ3v) is 6.09. The van der Waals surface area contributed by atoms with Crippen LogP contribution in [0.1, 0.15) is 51.3 Å². The molecule has 32 heavy (non-hydrogen) atoms. The summed E-state index contributed by atoms with van der Waals surface area (Å²) in [5, 5.41) is 7.13. The maximum Gasteiger partial charge on any atom is 0.251 e. The highest BCUT2D eigenvalue weighted by atomic mass is 16.5. The van der Waals surface area contributed by atoms with Crippen molar-refractivity contribution < 1.29 is 14.1 Å². The number of aromatic nitrogens is 1. The second-order valence-corrected chi connectivity index (χ2v) is 8.63. The Labute approximate surface area is 189 Å². The highest BCUT2D eigenvalue weighted by Crippen LogP contribution is 2.19. The fraction of sp³-hybridized carbons (Fsp3) is 0.385. The van der Waals surface area contributed by atoms with Crippen molar-refractivity contribution in [3.8, 4) is 5.75 Å². The van der Waals surface area contributed by atoms with Gasteiger partial charge < -0.3 is 14.6 Å². The van der Waals surface area contributed by atoms with Gasteiger partial charge in [0.25, 0.3) is 5.91 Å².